The van der Waals surface area contributed by atoms with Gasteiger partial charge in [-0.25, -0.2) is 15.0 Å². The van der Waals surface area contributed by atoms with Crippen LogP contribution in [0.5, 0.6) is 0 Å². The molecule has 2 aromatic rings. The van der Waals surface area contributed by atoms with Crippen LogP contribution < -0.4 is 5.32 Å². The van der Waals surface area contributed by atoms with Gasteiger partial charge in [-0.1, -0.05) is 6.07 Å². The SMILES string of the molecule is CCNC(=NCc1ccc(-n2ccnc2C)nc1)N1CCN(C(C)=O)CC1.I. The van der Waals surface area contributed by atoms with Gasteiger partial charge in [0.2, 0.25) is 5.91 Å². The summed E-state index contributed by atoms with van der Waals surface area (Å²) in [5.74, 6) is 2.78. The van der Waals surface area contributed by atoms with Gasteiger partial charge in [-0.15, -0.1) is 24.0 Å². The quantitative estimate of drug-likeness (QED) is 0.396. The van der Waals surface area contributed by atoms with Gasteiger partial charge in [0.15, 0.2) is 5.96 Å². The molecule has 1 aliphatic rings. The average molecular weight is 497 g/mol. The monoisotopic (exact) mass is 497 g/mol. The smallest absolute Gasteiger partial charge is 0.219 e. The van der Waals surface area contributed by atoms with E-state index in [0.29, 0.717) is 6.54 Å². The second kappa shape index (κ2) is 10.4. The number of hydrogen-bond acceptors (Lipinski definition) is 4. The third kappa shape index (κ3) is 5.43. The Labute approximate surface area is 183 Å². The van der Waals surface area contributed by atoms with Crippen LogP contribution in [0.15, 0.2) is 35.7 Å². The summed E-state index contributed by atoms with van der Waals surface area (Å²) in [6.45, 7) is 10.1. The Balaban J connectivity index is 0.00000280. The van der Waals surface area contributed by atoms with Gasteiger partial charge in [0.25, 0.3) is 0 Å². The predicted molar refractivity (Wildman–Crippen MR) is 120 cm³/mol. The van der Waals surface area contributed by atoms with Crippen molar-refractivity contribution in [1.82, 2.24) is 29.7 Å². The van der Waals surface area contributed by atoms with Gasteiger partial charge in [0.1, 0.15) is 11.6 Å². The van der Waals surface area contributed by atoms with E-state index in [1.165, 1.54) is 0 Å². The Morgan fingerprint density at radius 1 is 1.18 bits per heavy atom. The molecule has 0 bridgehead atoms. The second-order valence-corrected chi connectivity index (χ2v) is 6.53. The summed E-state index contributed by atoms with van der Waals surface area (Å²) in [5.41, 5.74) is 1.05. The van der Waals surface area contributed by atoms with Gasteiger partial charge in [-0.05, 0) is 25.5 Å². The number of piperazine rings is 1. The predicted octanol–water partition coefficient (Wildman–Crippen LogP) is 1.82. The highest BCUT2D eigenvalue weighted by atomic mass is 127. The van der Waals surface area contributed by atoms with E-state index >= 15 is 0 Å². The zero-order valence-corrected chi connectivity index (χ0v) is 19.0. The van der Waals surface area contributed by atoms with Gasteiger partial charge in [-0.2, -0.15) is 0 Å². The highest BCUT2D eigenvalue weighted by Crippen LogP contribution is 2.10. The van der Waals surface area contributed by atoms with Crippen LogP contribution in [-0.2, 0) is 11.3 Å². The average Bonchev–Trinajstić information content (AvgIpc) is 3.11. The van der Waals surface area contributed by atoms with Crippen molar-refractivity contribution in [2.45, 2.75) is 27.3 Å². The fourth-order valence-corrected chi connectivity index (χ4v) is 3.10. The number of pyridine rings is 1. The number of rotatable bonds is 4. The standard InChI is InChI=1S/C19H27N7O.HI/c1-4-20-19(25-11-9-24(10-12-25)16(3)27)23-14-17-5-6-18(22-13-17)26-8-7-21-15(26)2;/h5-8,13H,4,9-12,14H2,1-3H3,(H,20,23);1H. The summed E-state index contributed by atoms with van der Waals surface area (Å²) in [6.07, 6.45) is 5.53. The van der Waals surface area contributed by atoms with Crippen molar-refractivity contribution < 1.29 is 4.79 Å². The van der Waals surface area contributed by atoms with Crippen LogP contribution in [0.1, 0.15) is 25.2 Å². The Morgan fingerprint density at radius 3 is 2.43 bits per heavy atom. The molecule has 0 aromatic carbocycles. The topological polar surface area (TPSA) is 78.7 Å². The van der Waals surface area contributed by atoms with Crippen molar-refractivity contribution in [1.29, 1.82) is 0 Å². The summed E-state index contributed by atoms with van der Waals surface area (Å²) in [7, 11) is 0. The molecule has 0 saturated carbocycles. The number of halogens is 1. The van der Waals surface area contributed by atoms with Crippen molar-refractivity contribution in [3.05, 3.63) is 42.1 Å². The van der Waals surface area contributed by atoms with E-state index in [2.05, 4.69) is 27.1 Å². The first-order valence-corrected chi connectivity index (χ1v) is 9.32. The van der Waals surface area contributed by atoms with Crippen LogP contribution in [0, 0.1) is 6.92 Å². The van der Waals surface area contributed by atoms with Crippen molar-refractivity contribution in [3.63, 3.8) is 0 Å². The van der Waals surface area contributed by atoms with Crippen molar-refractivity contribution in [2.75, 3.05) is 32.7 Å². The summed E-state index contributed by atoms with van der Waals surface area (Å²) in [5, 5.41) is 3.35. The summed E-state index contributed by atoms with van der Waals surface area (Å²) in [4.78, 5) is 29.1. The summed E-state index contributed by atoms with van der Waals surface area (Å²) in [6, 6.07) is 4.03. The molecule has 8 nitrogen and oxygen atoms in total. The molecule has 28 heavy (non-hydrogen) atoms. The summed E-state index contributed by atoms with van der Waals surface area (Å²) >= 11 is 0. The molecular weight excluding hydrogens is 469 g/mol. The van der Waals surface area contributed by atoms with Crippen molar-refractivity contribution in [3.8, 4) is 5.82 Å². The molecule has 9 heteroatoms. The fraction of sp³-hybridized carbons (Fsp3) is 0.474. The highest BCUT2D eigenvalue weighted by Gasteiger charge is 2.20. The molecular formula is C19H28IN7O. The third-order valence-corrected chi connectivity index (χ3v) is 4.65. The van der Waals surface area contributed by atoms with Gasteiger partial charge >= 0.3 is 0 Å². The van der Waals surface area contributed by atoms with Crippen LogP contribution in [-0.4, -0.2) is 68.9 Å². The lowest BCUT2D eigenvalue weighted by Gasteiger charge is -2.36. The number of hydrogen-bond donors (Lipinski definition) is 1. The number of carbonyl (C=O) groups is 1. The third-order valence-electron chi connectivity index (χ3n) is 4.65. The van der Waals surface area contributed by atoms with Crippen LogP contribution in [0.4, 0.5) is 0 Å². The number of aromatic nitrogens is 3. The number of aryl methyl sites for hydroxylation is 1. The summed E-state index contributed by atoms with van der Waals surface area (Å²) < 4.78 is 1.95. The highest BCUT2D eigenvalue weighted by molar-refractivity contribution is 14.0. The minimum atomic E-state index is 0. The fourth-order valence-electron chi connectivity index (χ4n) is 3.10. The first kappa shape index (κ1) is 22.1. The maximum absolute atomic E-state index is 11.5. The van der Waals surface area contributed by atoms with Crippen LogP contribution in [0.3, 0.4) is 0 Å². The molecule has 0 radical (unpaired) electrons. The van der Waals surface area contributed by atoms with Crippen LogP contribution in [0.25, 0.3) is 5.82 Å². The molecule has 1 saturated heterocycles. The van der Waals surface area contributed by atoms with E-state index < -0.39 is 0 Å². The number of guanidine groups is 1. The molecule has 3 rings (SSSR count). The molecule has 152 valence electrons. The van der Waals surface area contributed by atoms with E-state index in [1.54, 1.807) is 13.1 Å². The van der Waals surface area contributed by atoms with E-state index in [9.17, 15) is 4.79 Å². The largest absolute Gasteiger partial charge is 0.357 e. The normalized spacial score (nSPS) is 14.6. The number of amides is 1. The van der Waals surface area contributed by atoms with E-state index in [0.717, 1.165) is 55.9 Å². The lowest BCUT2D eigenvalue weighted by molar-refractivity contribution is -0.130. The molecule has 0 spiro atoms. The van der Waals surface area contributed by atoms with E-state index in [-0.39, 0.29) is 29.9 Å². The first-order valence-electron chi connectivity index (χ1n) is 9.32. The number of nitrogens with one attached hydrogen (secondary N) is 1. The molecule has 1 N–H and O–H groups in total. The van der Waals surface area contributed by atoms with Crippen molar-refractivity contribution >= 4 is 35.8 Å². The lowest BCUT2D eigenvalue weighted by atomic mass is 10.3. The Hall–Kier alpha value is -2.17. The molecule has 3 heterocycles. The van der Waals surface area contributed by atoms with E-state index in [1.807, 2.05) is 40.9 Å². The van der Waals surface area contributed by atoms with Crippen LogP contribution in [0.2, 0.25) is 0 Å². The van der Waals surface area contributed by atoms with Gasteiger partial charge < -0.3 is 15.1 Å². The van der Waals surface area contributed by atoms with Gasteiger partial charge in [0, 0.05) is 58.2 Å². The second-order valence-electron chi connectivity index (χ2n) is 6.53. The zero-order chi connectivity index (χ0) is 19.2. The minimum Gasteiger partial charge on any atom is -0.357 e. The number of carbonyl (C=O) groups excluding carboxylic acids is 1. The maximum atomic E-state index is 11.5. The van der Waals surface area contributed by atoms with Crippen molar-refractivity contribution in [2.24, 2.45) is 4.99 Å². The van der Waals surface area contributed by atoms with E-state index in [4.69, 9.17) is 4.99 Å². The number of imidazole rings is 1. The molecule has 0 unspecified atom stereocenters. The number of aliphatic imine (C=N–C) groups is 1. The molecule has 1 amide bonds. The van der Waals surface area contributed by atoms with Crippen LogP contribution >= 0.6 is 24.0 Å². The molecule has 1 fully saturated rings. The Bertz CT molecular complexity index is 795. The molecule has 2 aromatic heterocycles. The van der Waals surface area contributed by atoms with Gasteiger partial charge in [0.05, 0.1) is 6.54 Å². The van der Waals surface area contributed by atoms with Gasteiger partial charge in [-0.3, -0.25) is 9.36 Å². The first-order chi connectivity index (χ1) is 13.1. The lowest BCUT2D eigenvalue weighted by Crippen LogP contribution is -2.53. The molecule has 0 atom stereocenters. The Morgan fingerprint density at radius 2 is 1.89 bits per heavy atom. The zero-order valence-electron chi connectivity index (χ0n) is 16.6. The minimum absolute atomic E-state index is 0. The number of nitrogens with zero attached hydrogens (tertiary/aromatic N) is 6. The molecule has 1 aliphatic heterocycles. The maximum Gasteiger partial charge on any atom is 0.219 e. The Kier molecular flexibility index (Phi) is 8.21. The molecule has 0 aliphatic carbocycles.